The number of likely N-dealkylation sites (tertiary alicyclic amines) is 1. The van der Waals surface area contributed by atoms with Gasteiger partial charge in [-0.2, -0.15) is 0 Å². The number of piperidine rings is 1. The van der Waals surface area contributed by atoms with Crippen molar-refractivity contribution in [1.82, 2.24) is 15.2 Å². The number of pyridine rings is 1. The lowest BCUT2D eigenvalue weighted by Crippen LogP contribution is -2.46. The summed E-state index contributed by atoms with van der Waals surface area (Å²) in [4.78, 5) is 31.5. The lowest BCUT2D eigenvalue weighted by molar-refractivity contribution is 0.0703. The summed E-state index contributed by atoms with van der Waals surface area (Å²) < 4.78 is 0.787. The molecule has 1 aromatic carbocycles. The van der Waals surface area contributed by atoms with Gasteiger partial charge in [0.15, 0.2) is 0 Å². The van der Waals surface area contributed by atoms with Crippen LogP contribution < -0.4 is 5.32 Å². The number of nitrogens with one attached hydrogen (secondary N) is 1. The van der Waals surface area contributed by atoms with Crippen molar-refractivity contribution < 1.29 is 9.59 Å². The van der Waals surface area contributed by atoms with E-state index >= 15 is 0 Å². The minimum Gasteiger partial charge on any atom is -0.349 e. The van der Waals surface area contributed by atoms with Crippen LogP contribution in [0.15, 0.2) is 36.7 Å². The smallest absolute Gasteiger partial charge is 0.265 e. The van der Waals surface area contributed by atoms with Gasteiger partial charge >= 0.3 is 0 Å². The molecule has 1 fully saturated rings. The van der Waals surface area contributed by atoms with E-state index in [9.17, 15) is 9.59 Å². The van der Waals surface area contributed by atoms with Crippen molar-refractivity contribution in [2.75, 3.05) is 13.1 Å². The second kappa shape index (κ2) is 8.48. The molecule has 0 saturated carbocycles. The average Bonchev–Trinajstić information content (AvgIpc) is 3.05. The Hall–Kier alpha value is -1.86. The highest BCUT2D eigenvalue weighted by atomic mass is 35.5. The summed E-state index contributed by atoms with van der Waals surface area (Å²) in [7, 11) is 0. The van der Waals surface area contributed by atoms with Crippen molar-refractivity contribution in [2.24, 2.45) is 0 Å². The number of amides is 2. The van der Waals surface area contributed by atoms with Crippen molar-refractivity contribution in [2.45, 2.75) is 18.9 Å². The van der Waals surface area contributed by atoms with Crippen LogP contribution >= 0.6 is 46.1 Å². The number of hydrogen-bond donors (Lipinski definition) is 1. The van der Waals surface area contributed by atoms with Crippen LogP contribution in [0.4, 0.5) is 0 Å². The van der Waals surface area contributed by atoms with Gasteiger partial charge < -0.3 is 10.2 Å². The average molecular weight is 469 g/mol. The van der Waals surface area contributed by atoms with E-state index in [0.29, 0.717) is 56.8 Å². The molecular formula is C20H16Cl3N3O2S. The van der Waals surface area contributed by atoms with Gasteiger partial charge in [0.1, 0.15) is 4.88 Å². The number of rotatable bonds is 3. The summed E-state index contributed by atoms with van der Waals surface area (Å²) in [6.45, 7) is 1.08. The summed E-state index contributed by atoms with van der Waals surface area (Å²) in [5.74, 6) is -0.276. The van der Waals surface area contributed by atoms with E-state index in [1.165, 1.54) is 17.5 Å². The Morgan fingerprint density at radius 2 is 1.93 bits per heavy atom. The minimum atomic E-state index is -0.151. The van der Waals surface area contributed by atoms with Crippen molar-refractivity contribution in [3.8, 4) is 0 Å². The first kappa shape index (κ1) is 20.4. The fourth-order valence-corrected chi connectivity index (χ4v) is 5.73. The van der Waals surface area contributed by atoms with E-state index in [2.05, 4.69) is 10.3 Å². The number of nitrogens with zero attached hydrogens (tertiary/aromatic N) is 2. The Morgan fingerprint density at radius 3 is 2.62 bits per heavy atom. The number of benzene rings is 1. The molecule has 150 valence electrons. The monoisotopic (exact) mass is 467 g/mol. The molecule has 0 unspecified atom stereocenters. The molecule has 1 aliphatic rings. The van der Waals surface area contributed by atoms with Gasteiger partial charge in [0.25, 0.3) is 11.8 Å². The lowest BCUT2D eigenvalue weighted by Gasteiger charge is -2.32. The molecule has 2 amide bonds. The summed E-state index contributed by atoms with van der Waals surface area (Å²) in [5, 5.41) is 4.97. The van der Waals surface area contributed by atoms with Gasteiger partial charge in [0.05, 0.1) is 15.6 Å². The molecule has 3 heterocycles. The number of aromatic nitrogens is 1. The number of hydrogen-bond acceptors (Lipinski definition) is 4. The molecule has 5 nitrogen and oxygen atoms in total. The molecule has 0 aliphatic carbocycles. The van der Waals surface area contributed by atoms with Crippen molar-refractivity contribution >= 4 is 68.0 Å². The van der Waals surface area contributed by atoms with Crippen LogP contribution in [0.25, 0.3) is 10.1 Å². The highest BCUT2D eigenvalue weighted by Crippen LogP contribution is 2.41. The molecule has 1 saturated heterocycles. The van der Waals surface area contributed by atoms with E-state index in [0.717, 1.165) is 4.70 Å². The van der Waals surface area contributed by atoms with Crippen LogP contribution in [-0.4, -0.2) is 40.8 Å². The number of fused-ring (bicyclic) bond motifs is 1. The Balaban J connectivity index is 1.43. The van der Waals surface area contributed by atoms with Gasteiger partial charge in [0, 0.05) is 46.6 Å². The molecular weight excluding hydrogens is 453 g/mol. The summed E-state index contributed by atoms with van der Waals surface area (Å²) in [5.41, 5.74) is 0.526. The highest BCUT2D eigenvalue weighted by molar-refractivity contribution is 7.21. The Bertz CT molecular complexity index is 1080. The lowest BCUT2D eigenvalue weighted by atomic mass is 10.0. The molecule has 1 aliphatic heterocycles. The van der Waals surface area contributed by atoms with Gasteiger partial charge in [0.2, 0.25) is 0 Å². The third-order valence-electron chi connectivity index (χ3n) is 4.89. The summed E-state index contributed by atoms with van der Waals surface area (Å²) >= 11 is 20.1. The standard InChI is InChI=1S/C20H16Cl3N3O2S/c21-12-8-14(22)16-15(9-12)29-18(17(16)23)20(28)26-6-3-13(4-7-26)25-19(27)11-2-1-5-24-10-11/h1-2,5,8-10,13H,3-4,6-7H2,(H,25,27). The Labute approximate surface area is 186 Å². The van der Waals surface area contributed by atoms with Crippen LogP contribution in [0.2, 0.25) is 15.1 Å². The van der Waals surface area contributed by atoms with Crippen LogP contribution in [-0.2, 0) is 0 Å². The third-order valence-corrected chi connectivity index (χ3v) is 7.02. The number of halogens is 3. The summed E-state index contributed by atoms with van der Waals surface area (Å²) in [6, 6.07) is 6.84. The van der Waals surface area contributed by atoms with Crippen LogP contribution in [0.1, 0.15) is 32.9 Å². The second-order valence-electron chi connectivity index (χ2n) is 6.79. The topological polar surface area (TPSA) is 62.3 Å². The molecule has 0 radical (unpaired) electrons. The van der Waals surface area contributed by atoms with Crippen molar-refractivity contribution in [3.05, 3.63) is 62.2 Å². The third kappa shape index (κ3) is 4.21. The fourth-order valence-electron chi connectivity index (χ4n) is 3.39. The molecule has 29 heavy (non-hydrogen) atoms. The maximum atomic E-state index is 13.0. The Kier molecular flexibility index (Phi) is 5.97. The molecule has 9 heteroatoms. The zero-order valence-electron chi connectivity index (χ0n) is 15.1. The van der Waals surface area contributed by atoms with Crippen molar-refractivity contribution in [3.63, 3.8) is 0 Å². The van der Waals surface area contributed by atoms with Gasteiger partial charge in [-0.3, -0.25) is 14.6 Å². The second-order valence-corrected chi connectivity index (χ2v) is 9.06. The maximum absolute atomic E-state index is 13.0. The van der Waals surface area contributed by atoms with E-state index < -0.39 is 0 Å². The van der Waals surface area contributed by atoms with Gasteiger partial charge in [-0.25, -0.2) is 0 Å². The van der Waals surface area contributed by atoms with Gasteiger partial charge in [-0.1, -0.05) is 34.8 Å². The van der Waals surface area contributed by atoms with Crippen LogP contribution in [0, 0.1) is 0 Å². The van der Waals surface area contributed by atoms with Gasteiger partial charge in [-0.15, -0.1) is 11.3 Å². The van der Waals surface area contributed by atoms with Crippen molar-refractivity contribution in [1.29, 1.82) is 0 Å². The number of carbonyl (C=O) groups excluding carboxylic acids is 2. The highest BCUT2D eigenvalue weighted by Gasteiger charge is 2.28. The Morgan fingerprint density at radius 1 is 1.17 bits per heavy atom. The minimum absolute atomic E-state index is 0.0119. The summed E-state index contributed by atoms with van der Waals surface area (Å²) in [6.07, 6.45) is 4.51. The maximum Gasteiger partial charge on any atom is 0.265 e. The van der Waals surface area contributed by atoms with Gasteiger partial charge in [-0.05, 0) is 37.1 Å². The molecule has 1 N–H and O–H groups in total. The predicted molar refractivity (Wildman–Crippen MR) is 117 cm³/mol. The van der Waals surface area contributed by atoms with E-state index in [-0.39, 0.29) is 17.9 Å². The van der Waals surface area contributed by atoms with E-state index in [4.69, 9.17) is 34.8 Å². The predicted octanol–water partition coefficient (Wildman–Crippen LogP) is 5.29. The molecule has 2 aromatic heterocycles. The molecule has 0 bridgehead atoms. The fraction of sp³-hybridized carbons (Fsp3) is 0.250. The zero-order chi connectivity index (χ0) is 20.5. The molecule has 0 atom stereocenters. The first-order valence-corrected chi connectivity index (χ1v) is 11.0. The number of carbonyl (C=O) groups is 2. The molecule has 3 aromatic rings. The van der Waals surface area contributed by atoms with Crippen LogP contribution in [0.5, 0.6) is 0 Å². The first-order chi connectivity index (χ1) is 13.9. The normalized spacial score (nSPS) is 14.9. The molecule has 4 rings (SSSR count). The zero-order valence-corrected chi connectivity index (χ0v) is 18.2. The SMILES string of the molecule is O=C(NC1CCN(C(=O)c2sc3cc(Cl)cc(Cl)c3c2Cl)CC1)c1cccnc1. The van der Waals surface area contributed by atoms with E-state index in [1.54, 1.807) is 35.4 Å². The molecule has 0 spiro atoms. The largest absolute Gasteiger partial charge is 0.349 e. The number of thiophene rings is 1. The van der Waals surface area contributed by atoms with E-state index in [1.807, 2.05) is 0 Å². The quantitative estimate of drug-likeness (QED) is 0.568. The van der Waals surface area contributed by atoms with Crippen LogP contribution in [0.3, 0.4) is 0 Å². The first-order valence-electron chi connectivity index (χ1n) is 9.01.